The third-order valence-electron chi connectivity index (χ3n) is 3.12. The lowest BCUT2D eigenvalue weighted by Crippen LogP contribution is -2.35. The number of carbonyl (C=O) groups excluding carboxylic acids is 1. The summed E-state index contributed by atoms with van der Waals surface area (Å²) in [5.74, 6) is -0.144. The lowest BCUT2D eigenvalue weighted by atomic mass is 10.2. The zero-order chi connectivity index (χ0) is 18.6. The van der Waals surface area contributed by atoms with Crippen LogP contribution in [0.25, 0.3) is 0 Å². The summed E-state index contributed by atoms with van der Waals surface area (Å²) in [7, 11) is 0. The molecule has 1 unspecified atom stereocenters. The monoisotopic (exact) mass is 418 g/mol. The maximum absolute atomic E-state index is 12.5. The van der Waals surface area contributed by atoms with E-state index in [9.17, 15) is 18.0 Å². The maximum atomic E-state index is 12.5. The Morgan fingerprint density at radius 1 is 1.36 bits per heavy atom. The van der Waals surface area contributed by atoms with Crippen molar-refractivity contribution in [1.82, 2.24) is 10.3 Å². The van der Waals surface area contributed by atoms with Crippen LogP contribution in [0.2, 0.25) is 0 Å². The van der Waals surface area contributed by atoms with Gasteiger partial charge in [-0.25, -0.2) is 4.98 Å². The van der Waals surface area contributed by atoms with Crippen molar-refractivity contribution < 1.29 is 27.8 Å². The number of alkyl halides is 3. The summed E-state index contributed by atoms with van der Waals surface area (Å²) < 4.78 is 43.4. The zero-order valence-electron chi connectivity index (χ0n) is 13.0. The van der Waals surface area contributed by atoms with Crippen molar-refractivity contribution in [2.75, 3.05) is 6.61 Å². The van der Waals surface area contributed by atoms with Crippen molar-refractivity contribution in [3.8, 4) is 11.6 Å². The van der Waals surface area contributed by atoms with E-state index in [4.69, 9.17) is 9.84 Å². The van der Waals surface area contributed by atoms with Crippen LogP contribution in [-0.4, -0.2) is 28.6 Å². The second kappa shape index (κ2) is 7.83. The summed E-state index contributed by atoms with van der Waals surface area (Å²) in [6.07, 6.45) is -3.15. The molecule has 0 saturated heterocycles. The van der Waals surface area contributed by atoms with Crippen LogP contribution in [0, 0.1) is 0 Å². The Morgan fingerprint density at radius 2 is 2.00 bits per heavy atom. The standard InChI is InChI=1S/C16H14BrF3N2O3/c1-9(8-23)22-14(24)10-6-13(17)15(21-7-10)25-12-4-2-11(3-5-12)16(18,19)20/h2-7,9,23H,8H2,1H3,(H,22,24). The second-order valence-electron chi connectivity index (χ2n) is 5.19. The fourth-order valence-corrected chi connectivity index (χ4v) is 2.23. The zero-order valence-corrected chi connectivity index (χ0v) is 14.6. The van der Waals surface area contributed by atoms with E-state index in [2.05, 4.69) is 26.2 Å². The number of aromatic nitrogens is 1. The highest BCUT2D eigenvalue weighted by atomic mass is 79.9. The Kier molecular flexibility index (Phi) is 6.02. The number of aliphatic hydroxyl groups excluding tert-OH is 1. The van der Waals surface area contributed by atoms with Gasteiger partial charge in [0.25, 0.3) is 5.91 Å². The number of hydrogen-bond acceptors (Lipinski definition) is 4. The largest absolute Gasteiger partial charge is 0.438 e. The Bertz CT molecular complexity index is 751. The molecule has 1 atom stereocenters. The summed E-state index contributed by atoms with van der Waals surface area (Å²) in [5, 5.41) is 11.5. The van der Waals surface area contributed by atoms with Crippen molar-refractivity contribution in [3.63, 3.8) is 0 Å². The summed E-state index contributed by atoms with van der Waals surface area (Å²) in [6, 6.07) is 5.23. The minimum absolute atomic E-state index is 0.103. The summed E-state index contributed by atoms with van der Waals surface area (Å²) in [6.45, 7) is 1.44. The van der Waals surface area contributed by atoms with Crippen LogP contribution in [0.3, 0.4) is 0 Å². The molecule has 0 bridgehead atoms. The molecule has 2 aromatic rings. The summed E-state index contributed by atoms with van der Waals surface area (Å²) in [5.41, 5.74) is -0.538. The van der Waals surface area contributed by atoms with Crippen molar-refractivity contribution in [1.29, 1.82) is 0 Å². The first-order valence-corrected chi connectivity index (χ1v) is 7.92. The second-order valence-corrected chi connectivity index (χ2v) is 6.05. The van der Waals surface area contributed by atoms with E-state index in [1.807, 2.05) is 0 Å². The predicted molar refractivity (Wildman–Crippen MR) is 87.5 cm³/mol. The molecular formula is C16H14BrF3N2O3. The first kappa shape index (κ1) is 19.2. The summed E-state index contributed by atoms with van der Waals surface area (Å²) >= 11 is 3.21. The van der Waals surface area contributed by atoms with E-state index in [-0.39, 0.29) is 23.8 Å². The van der Waals surface area contributed by atoms with Gasteiger partial charge >= 0.3 is 6.18 Å². The molecule has 2 N–H and O–H groups in total. The Morgan fingerprint density at radius 3 is 2.52 bits per heavy atom. The number of carbonyl (C=O) groups is 1. The highest BCUT2D eigenvalue weighted by Gasteiger charge is 2.30. The molecule has 9 heteroatoms. The Labute approximate surface area is 150 Å². The number of pyridine rings is 1. The number of nitrogens with one attached hydrogen (secondary N) is 1. The van der Waals surface area contributed by atoms with Crippen LogP contribution in [0.4, 0.5) is 13.2 Å². The van der Waals surface area contributed by atoms with Gasteiger partial charge in [-0.2, -0.15) is 13.2 Å². The molecule has 0 radical (unpaired) electrons. The third kappa shape index (κ3) is 5.17. The van der Waals surface area contributed by atoms with Crippen molar-refractivity contribution >= 4 is 21.8 Å². The Hall–Kier alpha value is -2.13. The molecule has 0 saturated carbocycles. The van der Waals surface area contributed by atoms with Gasteiger partial charge in [-0.1, -0.05) is 0 Å². The number of aliphatic hydroxyl groups is 1. The average Bonchev–Trinajstić information content (AvgIpc) is 2.56. The molecule has 1 heterocycles. The van der Waals surface area contributed by atoms with Gasteiger partial charge in [0.2, 0.25) is 5.88 Å². The number of benzene rings is 1. The summed E-state index contributed by atoms with van der Waals surface area (Å²) in [4.78, 5) is 15.9. The number of amides is 1. The molecular weight excluding hydrogens is 405 g/mol. The van der Waals surface area contributed by atoms with E-state index in [1.165, 1.54) is 24.4 Å². The van der Waals surface area contributed by atoms with Crippen molar-refractivity contribution in [3.05, 3.63) is 52.1 Å². The van der Waals surface area contributed by atoms with Crippen molar-refractivity contribution in [2.24, 2.45) is 0 Å². The maximum Gasteiger partial charge on any atom is 0.416 e. The lowest BCUT2D eigenvalue weighted by Gasteiger charge is -2.12. The lowest BCUT2D eigenvalue weighted by molar-refractivity contribution is -0.137. The van der Waals surface area contributed by atoms with Crippen LogP contribution in [0.5, 0.6) is 11.6 Å². The smallest absolute Gasteiger partial charge is 0.416 e. The first-order valence-electron chi connectivity index (χ1n) is 7.13. The van der Waals surface area contributed by atoms with Gasteiger partial charge in [0, 0.05) is 12.2 Å². The number of hydrogen-bond donors (Lipinski definition) is 2. The number of nitrogens with zero attached hydrogens (tertiary/aromatic N) is 1. The molecule has 1 aromatic carbocycles. The van der Waals surface area contributed by atoms with E-state index in [0.29, 0.717) is 4.47 Å². The van der Waals surface area contributed by atoms with E-state index in [0.717, 1.165) is 12.1 Å². The quantitative estimate of drug-likeness (QED) is 0.775. The molecule has 0 aliphatic carbocycles. The number of ether oxygens (including phenoxy) is 1. The van der Waals surface area contributed by atoms with Crippen LogP contribution in [0.1, 0.15) is 22.8 Å². The number of halogens is 4. The van der Waals surface area contributed by atoms with Crippen LogP contribution >= 0.6 is 15.9 Å². The van der Waals surface area contributed by atoms with Gasteiger partial charge in [-0.3, -0.25) is 4.79 Å². The predicted octanol–water partition coefficient (Wildman–Crippen LogP) is 3.77. The molecule has 2 rings (SSSR count). The molecule has 5 nitrogen and oxygen atoms in total. The molecule has 1 aromatic heterocycles. The topological polar surface area (TPSA) is 71.5 Å². The first-order chi connectivity index (χ1) is 11.7. The molecule has 0 aliphatic rings. The van der Waals surface area contributed by atoms with Crippen LogP contribution < -0.4 is 10.1 Å². The number of rotatable bonds is 5. The molecule has 0 aliphatic heterocycles. The molecule has 134 valence electrons. The fourth-order valence-electron chi connectivity index (χ4n) is 1.80. The van der Waals surface area contributed by atoms with E-state index in [1.54, 1.807) is 6.92 Å². The van der Waals surface area contributed by atoms with E-state index >= 15 is 0 Å². The third-order valence-corrected chi connectivity index (χ3v) is 3.69. The Balaban J connectivity index is 2.12. The van der Waals surface area contributed by atoms with Gasteiger partial charge in [0.05, 0.1) is 22.2 Å². The molecule has 0 spiro atoms. The average molecular weight is 419 g/mol. The van der Waals surface area contributed by atoms with Gasteiger partial charge in [0.15, 0.2) is 0 Å². The minimum atomic E-state index is -4.42. The van der Waals surface area contributed by atoms with Gasteiger partial charge in [0.1, 0.15) is 5.75 Å². The molecule has 1 amide bonds. The minimum Gasteiger partial charge on any atom is -0.438 e. The molecule has 0 fully saturated rings. The highest BCUT2D eigenvalue weighted by Crippen LogP contribution is 2.32. The van der Waals surface area contributed by atoms with Crippen LogP contribution in [0.15, 0.2) is 41.0 Å². The van der Waals surface area contributed by atoms with Gasteiger partial charge in [-0.05, 0) is 53.2 Å². The highest BCUT2D eigenvalue weighted by molar-refractivity contribution is 9.10. The van der Waals surface area contributed by atoms with Crippen LogP contribution in [-0.2, 0) is 6.18 Å². The van der Waals surface area contributed by atoms with E-state index < -0.39 is 23.7 Å². The SMILES string of the molecule is CC(CO)NC(=O)c1cnc(Oc2ccc(C(F)(F)F)cc2)c(Br)c1. The van der Waals surface area contributed by atoms with Gasteiger partial charge in [-0.15, -0.1) is 0 Å². The fraction of sp³-hybridized carbons (Fsp3) is 0.250. The molecule has 25 heavy (non-hydrogen) atoms. The van der Waals surface area contributed by atoms with Gasteiger partial charge < -0.3 is 15.2 Å². The normalized spacial score (nSPS) is 12.6. The van der Waals surface area contributed by atoms with Crippen molar-refractivity contribution in [2.45, 2.75) is 19.1 Å².